The highest BCUT2D eigenvalue weighted by molar-refractivity contribution is 9.10. The smallest absolute Gasteiger partial charge is 0.0474 e. The average Bonchev–Trinajstić information content (AvgIpc) is 2.55. The Kier molecular flexibility index (Phi) is 6.75. The number of benzene rings is 1. The second kappa shape index (κ2) is 8.57. The van der Waals surface area contributed by atoms with Crippen molar-refractivity contribution in [1.29, 1.82) is 0 Å². The summed E-state index contributed by atoms with van der Waals surface area (Å²) >= 11 is 3.57. The molecule has 0 bridgehead atoms. The van der Waals surface area contributed by atoms with Gasteiger partial charge in [-0.3, -0.25) is 4.98 Å². The van der Waals surface area contributed by atoms with Gasteiger partial charge < -0.3 is 10.4 Å². The van der Waals surface area contributed by atoms with E-state index in [9.17, 15) is 5.11 Å². The fraction of sp³-hybridized carbons (Fsp3) is 0.421. The second-order valence-corrected chi connectivity index (χ2v) is 6.99. The van der Waals surface area contributed by atoms with Crippen LogP contribution in [0.1, 0.15) is 35.2 Å². The summed E-state index contributed by atoms with van der Waals surface area (Å²) in [5.41, 5.74) is 4.98. The Morgan fingerprint density at radius 3 is 2.74 bits per heavy atom. The Bertz CT molecular complexity index is 645. The molecule has 0 spiro atoms. The first-order chi connectivity index (χ1) is 11.0. The van der Waals surface area contributed by atoms with Crippen LogP contribution in [-0.2, 0) is 6.42 Å². The number of nitrogens with zero attached hydrogens (tertiary/aromatic N) is 1. The van der Waals surface area contributed by atoms with E-state index in [4.69, 9.17) is 0 Å². The van der Waals surface area contributed by atoms with Gasteiger partial charge >= 0.3 is 0 Å². The molecule has 0 aliphatic carbocycles. The first-order valence-corrected chi connectivity index (χ1v) is 8.81. The van der Waals surface area contributed by atoms with E-state index in [-0.39, 0.29) is 18.6 Å². The lowest BCUT2D eigenvalue weighted by molar-refractivity contribution is 0.218. The molecule has 3 nitrogen and oxygen atoms in total. The van der Waals surface area contributed by atoms with Gasteiger partial charge in [-0.25, -0.2) is 0 Å². The fourth-order valence-corrected chi connectivity index (χ4v) is 3.18. The fourth-order valence-electron chi connectivity index (χ4n) is 2.77. The predicted octanol–water partition coefficient (Wildman–Crippen LogP) is 3.96. The lowest BCUT2D eigenvalue weighted by atomic mass is 9.96. The molecule has 0 saturated heterocycles. The first-order valence-electron chi connectivity index (χ1n) is 8.01. The molecule has 2 unspecified atom stereocenters. The van der Waals surface area contributed by atoms with Crippen molar-refractivity contribution in [3.63, 3.8) is 0 Å². The van der Waals surface area contributed by atoms with Gasteiger partial charge in [-0.05, 0) is 67.5 Å². The molecule has 1 aromatic heterocycles. The van der Waals surface area contributed by atoms with Crippen molar-refractivity contribution in [1.82, 2.24) is 10.3 Å². The van der Waals surface area contributed by atoms with Crippen molar-refractivity contribution in [2.75, 3.05) is 13.2 Å². The maximum absolute atomic E-state index is 9.72. The van der Waals surface area contributed by atoms with Crippen LogP contribution < -0.4 is 5.32 Å². The van der Waals surface area contributed by atoms with Crippen LogP contribution >= 0.6 is 15.9 Å². The molecule has 2 N–H and O–H groups in total. The third-order valence-corrected chi connectivity index (χ3v) is 5.26. The summed E-state index contributed by atoms with van der Waals surface area (Å²) in [6, 6.07) is 8.49. The van der Waals surface area contributed by atoms with E-state index in [0.29, 0.717) is 0 Å². The van der Waals surface area contributed by atoms with E-state index in [2.05, 4.69) is 65.2 Å². The summed E-state index contributed by atoms with van der Waals surface area (Å²) in [6.45, 7) is 7.31. The number of aryl methyl sites for hydroxylation is 1. The van der Waals surface area contributed by atoms with Crippen molar-refractivity contribution in [2.24, 2.45) is 5.92 Å². The summed E-state index contributed by atoms with van der Waals surface area (Å²) in [6.07, 6.45) is 4.60. The number of rotatable bonds is 7. The van der Waals surface area contributed by atoms with Gasteiger partial charge in [-0.15, -0.1) is 0 Å². The molecular weight excluding hydrogens is 352 g/mol. The third kappa shape index (κ3) is 4.87. The summed E-state index contributed by atoms with van der Waals surface area (Å²) in [5, 5.41) is 13.3. The van der Waals surface area contributed by atoms with Crippen LogP contribution in [0.2, 0.25) is 0 Å². The zero-order valence-electron chi connectivity index (χ0n) is 14.0. The molecule has 2 aromatic rings. The van der Waals surface area contributed by atoms with Crippen molar-refractivity contribution < 1.29 is 5.11 Å². The van der Waals surface area contributed by atoms with Gasteiger partial charge in [-0.1, -0.05) is 28.1 Å². The van der Waals surface area contributed by atoms with Crippen LogP contribution in [0.5, 0.6) is 0 Å². The molecule has 0 aliphatic rings. The second-order valence-electron chi connectivity index (χ2n) is 6.14. The van der Waals surface area contributed by atoms with Gasteiger partial charge in [0.05, 0.1) is 0 Å². The lowest BCUT2D eigenvalue weighted by Crippen LogP contribution is -2.29. The molecular formula is C19H25BrN2O. The Balaban J connectivity index is 1.97. The minimum atomic E-state index is 0.178. The summed E-state index contributed by atoms with van der Waals surface area (Å²) in [7, 11) is 0. The number of hydrogen-bond donors (Lipinski definition) is 2. The van der Waals surface area contributed by atoms with E-state index in [1.165, 1.54) is 22.3 Å². The highest BCUT2D eigenvalue weighted by Gasteiger charge is 2.14. The van der Waals surface area contributed by atoms with E-state index >= 15 is 0 Å². The van der Waals surface area contributed by atoms with Crippen LogP contribution in [-0.4, -0.2) is 23.2 Å². The molecule has 1 aromatic carbocycles. The average molecular weight is 377 g/mol. The topological polar surface area (TPSA) is 45.2 Å². The molecule has 4 heteroatoms. The molecule has 0 radical (unpaired) electrons. The number of pyridine rings is 1. The Morgan fingerprint density at radius 1 is 1.26 bits per heavy atom. The first kappa shape index (κ1) is 18.1. The van der Waals surface area contributed by atoms with Gasteiger partial charge in [0, 0.05) is 36.1 Å². The lowest BCUT2D eigenvalue weighted by Gasteiger charge is -2.21. The Morgan fingerprint density at radius 2 is 2.04 bits per heavy atom. The van der Waals surface area contributed by atoms with Gasteiger partial charge in [0.1, 0.15) is 0 Å². The molecule has 1 heterocycles. The maximum Gasteiger partial charge on any atom is 0.0474 e. The minimum absolute atomic E-state index is 0.178. The third-order valence-electron chi connectivity index (χ3n) is 4.41. The largest absolute Gasteiger partial charge is 0.396 e. The van der Waals surface area contributed by atoms with Gasteiger partial charge in [0.2, 0.25) is 0 Å². The predicted molar refractivity (Wildman–Crippen MR) is 98.6 cm³/mol. The molecule has 2 rings (SSSR count). The highest BCUT2D eigenvalue weighted by Crippen LogP contribution is 2.22. The van der Waals surface area contributed by atoms with Gasteiger partial charge in [-0.2, -0.15) is 0 Å². The van der Waals surface area contributed by atoms with Crippen LogP contribution in [0.25, 0.3) is 0 Å². The molecule has 124 valence electrons. The molecule has 0 saturated carbocycles. The number of nitrogens with one attached hydrogen (secondary N) is 1. The standard InChI is InChI=1S/C19H25BrN2O/c1-13-7-8-21-11-18(13)15(3)22-10-16(12-23)9-17-5-4-6-19(20)14(17)2/h4-8,11,15-16,22-23H,9-10,12H2,1-3H3. The van der Waals surface area contributed by atoms with Gasteiger partial charge in [0.25, 0.3) is 0 Å². The monoisotopic (exact) mass is 376 g/mol. The summed E-state index contributed by atoms with van der Waals surface area (Å²) < 4.78 is 1.12. The van der Waals surface area contributed by atoms with Gasteiger partial charge in [0.15, 0.2) is 0 Å². The van der Waals surface area contributed by atoms with Crippen LogP contribution in [0.3, 0.4) is 0 Å². The normalized spacial score (nSPS) is 13.8. The summed E-state index contributed by atoms with van der Waals surface area (Å²) in [4.78, 5) is 4.21. The van der Waals surface area contributed by atoms with E-state index in [1.807, 2.05) is 18.5 Å². The maximum atomic E-state index is 9.72. The van der Waals surface area contributed by atoms with E-state index in [0.717, 1.165) is 17.4 Å². The number of aliphatic hydroxyl groups is 1. The summed E-state index contributed by atoms with van der Waals surface area (Å²) in [5.74, 6) is 0.197. The zero-order valence-corrected chi connectivity index (χ0v) is 15.6. The number of aromatic nitrogens is 1. The minimum Gasteiger partial charge on any atom is -0.396 e. The molecule has 0 fully saturated rings. The Labute approximate surface area is 147 Å². The zero-order chi connectivity index (χ0) is 16.8. The van der Waals surface area contributed by atoms with Crippen molar-refractivity contribution in [2.45, 2.75) is 33.2 Å². The van der Waals surface area contributed by atoms with Crippen molar-refractivity contribution >= 4 is 15.9 Å². The van der Waals surface area contributed by atoms with Crippen LogP contribution in [0, 0.1) is 19.8 Å². The van der Waals surface area contributed by atoms with E-state index < -0.39 is 0 Å². The molecule has 0 amide bonds. The number of halogens is 1. The SMILES string of the molecule is Cc1ccncc1C(C)NCC(CO)Cc1cccc(Br)c1C. The van der Waals surface area contributed by atoms with Crippen LogP contribution in [0.15, 0.2) is 41.1 Å². The molecule has 23 heavy (non-hydrogen) atoms. The molecule has 2 atom stereocenters. The number of hydrogen-bond acceptors (Lipinski definition) is 3. The van der Waals surface area contributed by atoms with Crippen molar-refractivity contribution in [3.8, 4) is 0 Å². The van der Waals surface area contributed by atoms with Crippen molar-refractivity contribution in [3.05, 3.63) is 63.4 Å². The highest BCUT2D eigenvalue weighted by atomic mass is 79.9. The van der Waals surface area contributed by atoms with E-state index in [1.54, 1.807) is 0 Å². The quantitative estimate of drug-likeness (QED) is 0.768. The molecule has 0 aliphatic heterocycles. The number of aliphatic hydroxyl groups excluding tert-OH is 1. The van der Waals surface area contributed by atoms with Crippen LogP contribution in [0.4, 0.5) is 0 Å². The Hall–Kier alpha value is -1.23.